The van der Waals surface area contributed by atoms with Crippen LogP contribution in [0.25, 0.3) is 11.1 Å². The van der Waals surface area contributed by atoms with Crippen LogP contribution in [0, 0.1) is 0 Å². The van der Waals surface area contributed by atoms with Crippen LogP contribution in [0.1, 0.15) is 127 Å². The molecule has 1 heteroatoms. The first kappa shape index (κ1) is 22.3. The Labute approximate surface area is 203 Å². The second kappa shape index (κ2) is 7.68. The Morgan fingerprint density at radius 3 is 1.85 bits per heavy atom. The first-order valence-electron chi connectivity index (χ1n) is 14.0. The molecule has 0 radical (unpaired) electrons. The quantitative estimate of drug-likeness (QED) is 0.393. The summed E-state index contributed by atoms with van der Waals surface area (Å²) in [4.78, 5) is 0. The zero-order valence-corrected chi connectivity index (χ0v) is 22.5. The molecule has 0 N–H and O–H groups in total. The van der Waals surface area contributed by atoms with Gasteiger partial charge in [-0.3, -0.25) is 0 Å². The summed E-state index contributed by atoms with van der Waals surface area (Å²) in [6.45, 7) is 12.5. The molecule has 0 nitrogen and oxygen atoms in total. The summed E-state index contributed by atoms with van der Waals surface area (Å²) < 4.78 is 0. The van der Waals surface area contributed by atoms with E-state index in [9.17, 15) is 0 Å². The fourth-order valence-electron chi connectivity index (χ4n) is 8.97. The van der Waals surface area contributed by atoms with E-state index >= 15 is 0 Å². The SMILES string of the molecule is CC(C)c1cc(C(C)C)c2c(c1)C1(C)C3(CCCCC3)P(c3ccccc3-2)C12CCCCC2. The first-order valence-corrected chi connectivity index (χ1v) is 15.3. The molecule has 0 unspecified atom stereocenters. The molecule has 0 aromatic heterocycles. The minimum absolute atomic E-state index is 0.147. The van der Waals surface area contributed by atoms with Crippen LogP contribution in [0.5, 0.6) is 0 Å². The molecule has 0 amide bonds. The maximum absolute atomic E-state index is 2.79. The monoisotopic (exact) mass is 458 g/mol. The van der Waals surface area contributed by atoms with Crippen LogP contribution in [-0.2, 0) is 5.41 Å². The smallest absolute Gasteiger partial charge is 0.0129 e. The maximum atomic E-state index is 2.79. The first-order chi connectivity index (χ1) is 15.9. The van der Waals surface area contributed by atoms with Crippen molar-refractivity contribution in [1.82, 2.24) is 0 Å². The third-order valence-corrected chi connectivity index (χ3v) is 14.9. The Kier molecular flexibility index (Phi) is 5.20. The Hall–Kier alpha value is -1.13. The summed E-state index contributed by atoms with van der Waals surface area (Å²) >= 11 is 0. The van der Waals surface area contributed by atoms with Crippen molar-refractivity contribution < 1.29 is 0 Å². The van der Waals surface area contributed by atoms with Crippen LogP contribution in [0.15, 0.2) is 36.4 Å². The van der Waals surface area contributed by atoms with Gasteiger partial charge in [-0.2, -0.15) is 0 Å². The second-order valence-corrected chi connectivity index (χ2v) is 15.4. The molecule has 2 aromatic carbocycles. The van der Waals surface area contributed by atoms with E-state index in [1.807, 2.05) is 0 Å². The summed E-state index contributed by atoms with van der Waals surface area (Å²) in [5.74, 6) is 1.14. The van der Waals surface area contributed by atoms with Gasteiger partial charge in [-0.1, -0.05) is 117 Å². The van der Waals surface area contributed by atoms with Gasteiger partial charge in [0.2, 0.25) is 0 Å². The lowest BCUT2D eigenvalue weighted by atomic mass is 9.53. The van der Waals surface area contributed by atoms with Gasteiger partial charge in [0, 0.05) is 15.7 Å². The fourth-order valence-corrected chi connectivity index (χ4v) is 14.3. The fraction of sp³-hybridized carbons (Fsp3) is 0.625. The van der Waals surface area contributed by atoms with Crippen molar-refractivity contribution in [3.8, 4) is 11.1 Å². The number of hydrogen-bond acceptors (Lipinski definition) is 0. The van der Waals surface area contributed by atoms with Gasteiger partial charge in [-0.15, -0.1) is 0 Å². The molecule has 2 aliphatic carbocycles. The molecule has 2 spiro atoms. The van der Waals surface area contributed by atoms with Crippen molar-refractivity contribution in [2.24, 2.45) is 0 Å². The van der Waals surface area contributed by atoms with Crippen LogP contribution < -0.4 is 5.30 Å². The summed E-state index contributed by atoms with van der Waals surface area (Å²) in [5, 5.41) is 2.82. The van der Waals surface area contributed by atoms with Crippen LogP contribution in [0.2, 0.25) is 0 Å². The molecule has 7 rings (SSSR count). The van der Waals surface area contributed by atoms with Crippen molar-refractivity contribution in [1.29, 1.82) is 0 Å². The maximum Gasteiger partial charge on any atom is 0.0129 e. The largest absolute Gasteiger partial charge is 0.0616 e. The highest BCUT2D eigenvalue weighted by molar-refractivity contribution is 7.71. The van der Waals surface area contributed by atoms with E-state index in [4.69, 9.17) is 0 Å². The lowest BCUT2D eigenvalue weighted by Crippen LogP contribution is -2.74. The average Bonchev–Trinajstić information content (AvgIpc) is 2.96. The molecule has 1 saturated heterocycles. The molecular weight excluding hydrogens is 415 g/mol. The Bertz CT molecular complexity index is 1040. The lowest BCUT2D eigenvalue weighted by molar-refractivity contribution is 0.113. The van der Waals surface area contributed by atoms with E-state index in [-0.39, 0.29) is 7.92 Å². The predicted molar refractivity (Wildman–Crippen MR) is 146 cm³/mol. The van der Waals surface area contributed by atoms with Crippen molar-refractivity contribution in [2.75, 3.05) is 0 Å². The van der Waals surface area contributed by atoms with Gasteiger partial charge < -0.3 is 0 Å². The molecule has 0 atom stereocenters. The number of rotatable bonds is 2. The highest BCUT2D eigenvalue weighted by Crippen LogP contribution is 2.89. The van der Waals surface area contributed by atoms with E-state index in [1.54, 1.807) is 33.1 Å². The Morgan fingerprint density at radius 1 is 0.727 bits per heavy atom. The van der Waals surface area contributed by atoms with Crippen molar-refractivity contribution in [3.63, 3.8) is 0 Å². The van der Waals surface area contributed by atoms with Crippen molar-refractivity contribution >= 4 is 13.2 Å². The van der Waals surface area contributed by atoms with Gasteiger partial charge in [0.15, 0.2) is 0 Å². The third kappa shape index (κ3) is 2.69. The third-order valence-electron chi connectivity index (χ3n) is 10.5. The van der Waals surface area contributed by atoms with Gasteiger partial charge in [-0.25, -0.2) is 0 Å². The van der Waals surface area contributed by atoms with E-state index < -0.39 is 0 Å². The van der Waals surface area contributed by atoms with Gasteiger partial charge in [-0.05, 0) is 70.6 Å². The highest BCUT2D eigenvalue weighted by atomic mass is 31.1. The molecule has 176 valence electrons. The van der Waals surface area contributed by atoms with Gasteiger partial charge in [0.1, 0.15) is 0 Å². The van der Waals surface area contributed by atoms with Crippen LogP contribution in [0.4, 0.5) is 0 Å². The van der Waals surface area contributed by atoms with E-state index in [0.717, 1.165) is 0 Å². The number of benzene rings is 2. The van der Waals surface area contributed by atoms with Gasteiger partial charge >= 0.3 is 0 Å². The molecule has 3 aliphatic heterocycles. The standard InChI is InChI=1S/C32H43P/c1-22(2)24-20-26(23(3)4)29-25-14-8-9-15-28(25)33-31(16-10-6-11-17-31)30(5,27(29)21-24)32(33)18-12-7-13-19-32/h8-9,14-15,20-23H,6-7,10-13,16-19H2,1-5H3. The van der Waals surface area contributed by atoms with Crippen molar-refractivity contribution in [3.05, 3.63) is 53.1 Å². The minimum atomic E-state index is -0.147. The second-order valence-electron chi connectivity index (χ2n) is 12.5. The predicted octanol–water partition coefficient (Wildman–Crippen LogP) is 9.40. The van der Waals surface area contributed by atoms with Crippen LogP contribution in [-0.4, -0.2) is 10.3 Å². The molecule has 5 aliphatic rings. The summed E-state index contributed by atoms with van der Waals surface area (Å²) in [7, 11) is -0.147. The molecular formula is C32H43P. The van der Waals surface area contributed by atoms with E-state index in [1.165, 1.54) is 64.2 Å². The van der Waals surface area contributed by atoms with E-state index in [0.29, 0.717) is 27.6 Å². The zero-order chi connectivity index (χ0) is 23.0. The molecule has 2 aromatic rings. The molecule has 3 fully saturated rings. The Morgan fingerprint density at radius 2 is 1.30 bits per heavy atom. The highest BCUT2D eigenvalue weighted by Gasteiger charge is 2.78. The lowest BCUT2D eigenvalue weighted by Gasteiger charge is -2.78. The Balaban J connectivity index is 1.76. The summed E-state index contributed by atoms with van der Waals surface area (Å²) in [6, 6.07) is 15.1. The average molecular weight is 459 g/mol. The van der Waals surface area contributed by atoms with Crippen molar-refractivity contribution in [2.45, 2.75) is 126 Å². The normalized spacial score (nSPS) is 29.0. The van der Waals surface area contributed by atoms with E-state index in [2.05, 4.69) is 71.0 Å². The molecule has 33 heavy (non-hydrogen) atoms. The zero-order valence-electron chi connectivity index (χ0n) is 21.6. The van der Waals surface area contributed by atoms with Gasteiger partial charge in [0.05, 0.1) is 0 Å². The minimum Gasteiger partial charge on any atom is -0.0616 e. The molecule has 3 heterocycles. The summed E-state index contributed by atoms with van der Waals surface area (Å²) in [6.07, 6.45) is 14.6. The van der Waals surface area contributed by atoms with Crippen LogP contribution in [0.3, 0.4) is 0 Å². The summed E-state index contributed by atoms with van der Waals surface area (Å²) in [5.41, 5.74) is 8.57. The molecule has 2 bridgehead atoms. The topological polar surface area (TPSA) is 0 Å². The molecule has 2 saturated carbocycles. The van der Waals surface area contributed by atoms with Crippen LogP contribution >= 0.6 is 7.92 Å². The number of hydrogen-bond donors (Lipinski definition) is 0. The van der Waals surface area contributed by atoms with Gasteiger partial charge in [0.25, 0.3) is 0 Å².